The summed E-state index contributed by atoms with van der Waals surface area (Å²) in [7, 11) is 0. The van der Waals surface area contributed by atoms with Gasteiger partial charge in [-0.15, -0.1) is 0 Å². The molecule has 1 aromatic carbocycles. The number of rotatable bonds is 9. The van der Waals surface area contributed by atoms with Gasteiger partial charge in [-0.1, -0.05) is 35.5 Å². The SMILES string of the molecule is N[C@@H](CCC(=O)O)c1noc([C@H](Cc2ccccc2)NC(=O)N2CCC[C@H]2C(=O)O)n1. The Morgan fingerprint density at radius 2 is 2.00 bits per heavy atom. The third-order valence-corrected chi connectivity index (χ3v) is 5.14. The monoisotopic (exact) mass is 431 g/mol. The molecule has 0 radical (unpaired) electrons. The highest BCUT2D eigenvalue weighted by atomic mass is 16.5. The number of nitrogens with zero attached hydrogens (tertiary/aromatic N) is 3. The second kappa shape index (κ2) is 10.0. The summed E-state index contributed by atoms with van der Waals surface area (Å²) in [5.74, 6) is -1.76. The maximum Gasteiger partial charge on any atom is 0.326 e. The molecule has 2 amide bonds. The molecule has 0 aliphatic carbocycles. The zero-order valence-electron chi connectivity index (χ0n) is 16.8. The van der Waals surface area contributed by atoms with Crippen LogP contribution in [-0.2, 0) is 16.0 Å². The number of nitrogens with two attached hydrogens (primary N) is 1. The predicted molar refractivity (Wildman–Crippen MR) is 107 cm³/mol. The van der Waals surface area contributed by atoms with Crippen molar-refractivity contribution in [3.8, 4) is 0 Å². The smallest absolute Gasteiger partial charge is 0.326 e. The Bertz CT molecular complexity index is 918. The maximum atomic E-state index is 12.8. The molecular formula is C20H25N5O6. The van der Waals surface area contributed by atoms with Crippen LogP contribution >= 0.6 is 0 Å². The quantitative estimate of drug-likeness (QED) is 0.459. The fourth-order valence-electron chi connectivity index (χ4n) is 3.50. The van der Waals surface area contributed by atoms with E-state index in [2.05, 4.69) is 15.5 Å². The van der Waals surface area contributed by atoms with Crippen molar-refractivity contribution in [2.24, 2.45) is 5.73 Å². The summed E-state index contributed by atoms with van der Waals surface area (Å²) < 4.78 is 5.33. The number of urea groups is 1. The zero-order valence-corrected chi connectivity index (χ0v) is 16.8. The molecule has 11 nitrogen and oxygen atoms in total. The van der Waals surface area contributed by atoms with E-state index in [-0.39, 0.29) is 24.6 Å². The third kappa shape index (κ3) is 5.79. The molecule has 1 fully saturated rings. The lowest BCUT2D eigenvalue weighted by atomic mass is 10.1. The van der Waals surface area contributed by atoms with Crippen molar-refractivity contribution >= 4 is 18.0 Å². The van der Waals surface area contributed by atoms with Gasteiger partial charge in [0.05, 0.1) is 6.04 Å². The molecule has 166 valence electrons. The summed E-state index contributed by atoms with van der Waals surface area (Å²) in [6, 6.07) is 6.50. The van der Waals surface area contributed by atoms with Crippen molar-refractivity contribution in [2.45, 2.75) is 50.2 Å². The molecule has 3 rings (SSSR count). The number of aromatic nitrogens is 2. The Morgan fingerprint density at radius 1 is 1.26 bits per heavy atom. The van der Waals surface area contributed by atoms with E-state index in [1.165, 1.54) is 4.90 Å². The number of hydrogen-bond donors (Lipinski definition) is 4. The summed E-state index contributed by atoms with van der Waals surface area (Å²) in [5, 5.41) is 24.8. The number of likely N-dealkylation sites (tertiary alicyclic amines) is 1. The lowest BCUT2D eigenvalue weighted by molar-refractivity contribution is -0.141. The van der Waals surface area contributed by atoms with Gasteiger partial charge in [0.15, 0.2) is 5.82 Å². The Labute approximate surface area is 178 Å². The number of carbonyl (C=O) groups is 3. The molecule has 31 heavy (non-hydrogen) atoms. The molecule has 1 aliphatic heterocycles. The highest BCUT2D eigenvalue weighted by Gasteiger charge is 2.35. The standard InChI is InChI=1S/C20H25N5O6/c21-13(8-9-16(26)27)17-23-18(31-24-17)14(11-12-5-2-1-3-6-12)22-20(30)25-10-4-7-15(25)19(28)29/h1-3,5-6,13-15H,4,7-11,21H2,(H,22,30)(H,26,27)(H,28,29)/t13-,14-,15-/m0/s1. The van der Waals surface area contributed by atoms with E-state index in [0.29, 0.717) is 25.8 Å². The molecule has 3 atom stereocenters. The second-order valence-corrected chi connectivity index (χ2v) is 7.41. The van der Waals surface area contributed by atoms with Gasteiger partial charge >= 0.3 is 18.0 Å². The predicted octanol–water partition coefficient (Wildman–Crippen LogP) is 1.48. The number of carboxylic acids is 2. The molecule has 0 spiro atoms. The normalized spacial score (nSPS) is 17.8. The minimum absolute atomic E-state index is 0.115. The van der Waals surface area contributed by atoms with E-state index in [4.69, 9.17) is 15.4 Å². The molecule has 1 saturated heterocycles. The molecular weight excluding hydrogens is 406 g/mol. The Kier molecular flexibility index (Phi) is 7.19. The van der Waals surface area contributed by atoms with Gasteiger partial charge in [0.25, 0.3) is 0 Å². The highest BCUT2D eigenvalue weighted by molar-refractivity contribution is 5.83. The first-order valence-electron chi connectivity index (χ1n) is 10.00. The number of amides is 2. The summed E-state index contributed by atoms with van der Waals surface area (Å²) >= 11 is 0. The van der Waals surface area contributed by atoms with Gasteiger partial charge < -0.3 is 30.7 Å². The van der Waals surface area contributed by atoms with Crippen molar-refractivity contribution in [1.29, 1.82) is 0 Å². The van der Waals surface area contributed by atoms with Crippen LogP contribution in [0, 0.1) is 0 Å². The van der Waals surface area contributed by atoms with Crippen molar-refractivity contribution < 1.29 is 29.1 Å². The molecule has 11 heteroatoms. The molecule has 5 N–H and O–H groups in total. The topological polar surface area (TPSA) is 172 Å². The van der Waals surface area contributed by atoms with Gasteiger partial charge in [0.1, 0.15) is 12.1 Å². The van der Waals surface area contributed by atoms with Crippen molar-refractivity contribution in [3.05, 3.63) is 47.6 Å². The van der Waals surface area contributed by atoms with E-state index in [9.17, 15) is 19.5 Å². The average Bonchev–Trinajstić information content (AvgIpc) is 3.42. The largest absolute Gasteiger partial charge is 0.481 e. The van der Waals surface area contributed by atoms with Crippen LogP contribution < -0.4 is 11.1 Å². The van der Waals surface area contributed by atoms with Crippen LogP contribution in [0.2, 0.25) is 0 Å². The minimum atomic E-state index is -1.04. The third-order valence-electron chi connectivity index (χ3n) is 5.14. The second-order valence-electron chi connectivity index (χ2n) is 7.41. The summed E-state index contributed by atoms with van der Waals surface area (Å²) in [4.78, 5) is 40.6. The van der Waals surface area contributed by atoms with Crippen molar-refractivity contribution in [1.82, 2.24) is 20.4 Å². The van der Waals surface area contributed by atoms with Crippen LogP contribution in [0.3, 0.4) is 0 Å². The van der Waals surface area contributed by atoms with Crippen LogP contribution in [0.1, 0.15) is 55.0 Å². The van der Waals surface area contributed by atoms with Crippen molar-refractivity contribution in [3.63, 3.8) is 0 Å². The van der Waals surface area contributed by atoms with E-state index in [1.807, 2.05) is 30.3 Å². The van der Waals surface area contributed by atoms with Gasteiger partial charge in [-0.2, -0.15) is 4.98 Å². The first-order chi connectivity index (χ1) is 14.8. The fourth-order valence-corrected chi connectivity index (χ4v) is 3.50. The number of benzene rings is 1. The van der Waals surface area contributed by atoms with E-state index in [0.717, 1.165) is 5.56 Å². The van der Waals surface area contributed by atoms with E-state index < -0.39 is 36.1 Å². The van der Waals surface area contributed by atoms with E-state index in [1.54, 1.807) is 0 Å². The molecule has 2 aromatic rings. The van der Waals surface area contributed by atoms with Gasteiger partial charge in [0.2, 0.25) is 5.89 Å². The Balaban J connectivity index is 1.78. The van der Waals surface area contributed by atoms with Gasteiger partial charge in [-0.25, -0.2) is 9.59 Å². The fraction of sp³-hybridized carbons (Fsp3) is 0.450. The lowest BCUT2D eigenvalue weighted by Crippen LogP contribution is -2.47. The van der Waals surface area contributed by atoms with E-state index >= 15 is 0 Å². The van der Waals surface area contributed by atoms with Gasteiger partial charge in [-0.05, 0) is 24.8 Å². The lowest BCUT2D eigenvalue weighted by Gasteiger charge is -2.24. The average molecular weight is 431 g/mol. The highest BCUT2D eigenvalue weighted by Crippen LogP contribution is 2.23. The van der Waals surface area contributed by atoms with Crippen LogP contribution in [-0.4, -0.2) is 55.8 Å². The van der Waals surface area contributed by atoms with Crippen LogP contribution in [0.4, 0.5) is 4.79 Å². The number of carbonyl (C=O) groups excluding carboxylic acids is 1. The number of nitrogens with one attached hydrogen (secondary N) is 1. The summed E-state index contributed by atoms with van der Waals surface area (Å²) in [6.45, 7) is 0.343. The summed E-state index contributed by atoms with van der Waals surface area (Å²) in [5.41, 5.74) is 6.85. The molecule has 1 aromatic heterocycles. The van der Waals surface area contributed by atoms with Crippen LogP contribution in [0.5, 0.6) is 0 Å². The zero-order chi connectivity index (χ0) is 22.4. The first-order valence-corrected chi connectivity index (χ1v) is 10.00. The van der Waals surface area contributed by atoms with Crippen LogP contribution in [0.25, 0.3) is 0 Å². The number of hydrogen-bond acceptors (Lipinski definition) is 7. The number of aliphatic carboxylic acids is 2. The van der Waals surface area contributed by atoms with Gasteiger partial charge in [0, 0.05) is 19.4 Å². The van der Waals surface area contributed by atoms with Crippen molar-refractivity contribution in [2.75, 3.05) is 6.54 Å². The maximum absolute atomic E-state index is 12.8. The molecule has 1 aliphatic rings. The first kappa shape index (κ1) is 22.2. The Morgan fingerprint density at radius 3 is 2.68 bits per heavy atom. The molecule has 0 unspecified atom stereocenters. The van der Waals surface area contributed by atoms with Crippen LogP contribution in [0.15, 0.2) is 34.9 Å². The molecule has 2 heterocycles. The van der Waals surface area contributed by atoms with Gasteiger partial charge in [-0.3, -0.25) is 4.79 Å². The molecule has 0 bridgehead atoms. The minimum Gasteiger partial charge on any atom is -0.481 e. The Hall–Kier alpha value is -3.47. The number of carboxylic acid groups (broad SMARTS) is 2. The summed E-state index contributed by atoms with van der Waals surface area (Å²) in [6.07, 6.45) is 1.34. The molecule has 0 saturated carbocycles.